The number of benzene rings is 2. The van der Waals surface area contributed by atoms with E-state index in [4.69, 9.17) is 9.84 Å². The van der Waals surface area contributed by atoms with Crippen molar-refractivity contribution in [1.29, 1.82) is 0 Å². The van der Waals surface area contributed by atoms with Crippen molar-refractivity contribution in [1.82, 2.24) is 0 Å². The topological polar surface area (TPSA) is 95.9 Å². The molecule has 0 aliphatic carbocycles. The van der Waals surface area contributed by atoms with Gasteiger partial charge in [0, 0.05) is 5.56 Å². The Morgan fingerprint density at radius 2 is 1.73 bits per heavy atom. The Hall–Kier alpha value is -3.02. The summed E-state index contributed by atoms with van der Waals surface area (Å²) in [6.07, 6.45) is 0. The molecule has 0 spiro atoms. The molecule has 2 aromatic carbocycles. The molecule has 0 heterocycles. The first-order valence-electron chi connectivity index (χ1n) is 6.61. The van der Waals surface area contributed by atoms with Gasteiger partial charge in [-0.25, -0.2) is 4.79 Å². The van der Waals surface area contributed by atoms with E-state index in [2.05, 4.69) is 5.32 Å². The maximum Gasteiger partial charge on any atom is 0.335 e. The highest BCUT2D eigenvalue weighted by atomic mass is 16.5. The third-order valence-corrected chi connectivity index (χ3v) is 2.92. The third kappa shape index (κ3) is 3.54. The number of aromatic hydroxyl groups is 1. The number of carbonyl (C=O) groups excluding carboxylic acids is 1. The molecule has 0 aromatic heterocycles. The Bertz CT molecular complexity index is 694. The fraction of sp³-hybridized carbons (Fsp3) is 0.125. The van der Waals surface area contributed by atoms with Crippen LogP contribution < -0.4 is 10.1 Å². The SMILES string of the molecule is CCOc1ccc(C(=O)Nc2cc(C(=O)O)ccc2O)cc1. The summed E-state index contributed by atoms with van der Waals surface area (Å²) in [6.45, 7) is 2.39. The maximum atomic E-state index is 12.1. The van der Waals surface area contributed by atoms with E-state index in [0.29, 0.717) is 17.9 Å². The Balaban J connectivity index is 2.17. The van der Waals surface area contributed by atoms with E-state index in [1.165, 1.54) is 18.2 Å². The van der Waals surface area contributed by atoms with Crippen molar-refractivity contribution in [2.75, 3.05) is 11.9 Å². The van der Waals surface area contributed by atoms with Gasteiger partial charge in [-0.05, 0) is 49.4 Å². The number of hydrogen-bond acceptors (Lipinski definition) is 4. The number of carbonyl (C=O) groups is 2. The van der Waals surface area contributed by atoms with Gasteiger partial charge in [0.2, 0.25) is 0 Å². The average Bonchev–Trinajstić information content (AvgIpc) is 2.50. The van der Waals surface area contributed by atoms with Crippen LogP contribution in [-0.4, -0.2) is 28.7 Å². The molecular formula is C16H15NO5. The summed E-state index contributed by atoms with van der Waals surface area (Å²) >= 11 is 0. The molecule has 114 valence electrons. The van der Waals surface area contributed by atoms with Crippen LogP contribution in [-0.2, 0) is 0 Å². The Morgan fingerprint density at radius 1 is 1.09 bits per heavy atom. The predicted molar refractivity (Wildman–Crippen MR) is 80.6 cm³/mol. The molecule has 0 saturated heterocycles. The van der Waals surface area contributed by atoms with E-state index in [-0.39, 0.29) is 17.0 Å². The molecule has 0 saturated carbocycles. The first-order valence-corrected chi connectivity index (χ1v) is 6.61. The quantitative estimate of drug-likeness (QED) is 0.738. The summed E-state index contributed by atoms with van der Waals surface area (Å²) in [6, 6.07) is 10.2. The van der Waals surface area contributed by atoms with Crippen molar-refractivity contribution in [3.8, 4) is 11.5 Å². The molecule has 0 bridgehead atoms. The van der Waals surface area contributed by atoms with Gasteiger partial charge in [0.15, 0.2) is 0 Å². The van der Waals surface area contributed by atoms with E-state index < -0.39 is 11.9 Å². The van der Waals surface area contributed by atoms with Crippen LogP contribution in [0.5, 0.6) is 11.5 Å². The van der Waals surface area contributed by atoms with Gasteiger partial charge in [-0.1, -0.05) is 0 Å². The molecule has 3 N–H and O–H groups in total. The minimum atomic E-state index is -1.14. The summed E-state index contributed by atoms with van der Waals surface area (Å²) in [4.78, 5) is 23.0. The van der Waals surface area contributed by atoms with Crippen LogP contribution in [0.2, 0.25) is 0 Å². The van der Waals surface area contributed by atoms with Crippen LogP contribution in [0.25, 0.3) is 0 Å². The molecule has 0 fully saturated rings. The van der Waals surface area contributed by atoms with E-state index in [0.717, 1.165) is 0 Å². The van der Waals surface area contributed by atoms with Gasteiger partial charge in [-0.15, -0.1) is 0 Å². The van der Waals surface area contributed by atoms with Gasteiger partial charge >= 0.3 is 5.97 Å². The monoisotopic (exact) mass is 301 g/mol. The molecule has 6 nitrogen and oxygen atoms in total. The number of phenols is 1. The zero-order chi connectivity index (χ0) is 16.1. The summed E-state index contributed by atoms with van der Waals surface area (Å²) in [5.41, 5.74) is 0.377. The van der Waals surface area contributed by atoms with Crippen molar-refractivity contribution < 1.29 is 24.5 Å². The van der Waals surface area contributed by atoms with Crippen molar-refractivity contribution in [2.24, 2.45) is 0 Å². The average molecular weight is 301 g/mol. The minimum absolute atomic E-state index is 0.0280. The lowest BCUT2D eigenvalue weighted by atomic mass is 10.1. The number of nitrogens with one attached hydrogen (secondary N) is 1. The number of hydrogen-bond donors (Lipinski definition) is 3. The van der Waals surface area contributed by atoms with Crippen LogP contribution >= 0.6 is 0 Å². The molecular weight excluding hydrogens is 286 g/mol. The first-order chi connectivity index (χ1) is 10.5. The highest BCUT2D eigenvalue weighted by Crippen LogP contribution is 2.25. The summed E-state index contributed by atoms with van der Waals surface area (Å²) < 4.78 is 5.28. The second-order valence-corrected chi connectivity index (χ2v) is 4.45. The zero-order valence-corrected chi connectivity index (χ0v) is 11.9. The van der Waals surface area contributed by atoms with Gasteiger partial charge in [0.05, 0.1) is 17.9 Å². The number of aromatic carboxylic acids is 1. The van der Waals surface area contributed by atoms with Crippen molar-refractivity contribution in [2.45, 2.75) is 6.92 Å². The van der Waals surface area contributed by atoms with Gasteiger partial charge in [-0.2, -0.15) is 0 Å². The van der Waals surface area contributed by atoms with Crippen LogP contribution in [0, 0.1) is 0 Å². The number of carboxylic acids is 1. The summed E-state index contributed by atoms with van der Waals surface area (Å²) in [7, 11) is 0. The van der Waals surface area contributed by atoms with Crippen molar-refractivity contribution in [3.05, 3.63) is 53.6 Å². The molecule has 0 atom stereocenters. The first kappa shape index (κ1) is 15.4. The number of phenolic OH excluding ortho intramolecular Hbond substituents is 1. The molecule has 0 unspecified atom stereocenters. The molecule has 0 aliphatic rings. The van der Waals surface area contributed by atoms with Crippen LogP contribution in [0.3, 0.4) is 0 Å². The standard InChI is InChI=1S/C16H15NO5/c1-2-22-12-6-3-10(4-7-12)15(19)17-13-9-11(16(20)21)5-8-14(13)18/h3-9,18H,2H2,1H3,(H,17,19)(H,20,21). The second-order valence-electron chi connectivity index (χ2n) is 4.45. The smallest absolute Gasteiger partial charge is 0.335 e. The number of anilines is 1. The van der Waals surface area contributed by atoms with Crippen molar-refractivity contribution in [3.63, 3.8) is 0 Å². The zero-order valence-electron chi connectivity index (χ0n) is 11.9. The minimum Gasteiger partial charge on any atom is -0.506 e. The lowest BCUT2D eigenvalue weighted by molar-refractivity contribution is 0.0696. The normalized spacial score (nSPS) is 10.0. The van der Waals surface area contributed by atoms with E-state index in [1.54, 1.807) is 24.3 Å². The van der Waals surface area contributed by atoms with Gasteiger partial charge in [0.25, 0.3) is 5.91 Å². The van der Waals surface area contributed by atoms with Crippen LogP contribution in [0.15, 0.2) is 42.5 Å². The lowest BCUT2D eigenvalue weighted by Gasteiger charge is -2.09. The van der Waals surface area contributed by atoms with Gasteiger partial charge in [-0.3, -0.25) is 4.79 Å². The molecule has 6 heteroatoms. The fourth-order valence-electron chi connectivity index (χ4n) is 1.83. The number of rotatable bonds is 5. The predicted octanol–water partition coefficient (Wildman–Crippen LogP) is 2.74. The van der Waals surface area contributed by atoms with E-state index in [1.807, 2.05) is 6.92 Å². The van der Waals surface area contributed by atoms with Crippen LogP contribution in [0.1, 0.15) is 27.6 Å². The highest BCUT2D eigenvalue weighted by Gasteiger charge is 2.12. The Morgan fingerprint density at radius 3 is 2.32 bits per heavy atom. The molecule has 0 aliphatic heterocycles. The van der Waals surface area contributed by atoms with E-state index in [9.17, 15) is 14.7 Å². The summed E-state index contributed by atoms with van der Waals surface area (Å²) in [5, 5.41) is 21.1. The second kappa shape index (κ2) is 6.62. The summed E-state index contributed by atoms with van der Waals surface area (Å²) in [5.74, 6) is -1.16. The molecule has 2 aromatic rings. The largest absolute Gasteiger partial charge is 0.506 e. The number of amides is 1. The Kier molecular flexibility index (Phi) is 4.63. The Labute approximate surface area is 127 Å². The highest BCUT2D eigenvalue weighted by molar-refractivity contribution is 6.05. The molecule has 2 rings (SSSR count). The molecule has 0 radical (unpaired) electrons. The van der Waals surface area contributed by atoms with Gasteiger partial charge < -0.3 is 20.3 Å². The van der Waals surface area contributed by atoms with Crippen LogP contribution in [0.4, 0.5) is 5.69 Å². The van der Waals surface area contributed by atoms with Crippen molar-refractivity contribution >= 4 is 17.6 Å². The molecule has 1 amide bonds. The third-order valence-electron chi connectivity index (χ3n) is 2.92. The number of carboxylic acid groups (broad SMARTS) is 1. The van der Waals surface area contributed by atoms with Gasteiger partial charge in [0.1, 0.15) is 11.5 Å². The maximum absolute atomic E-state index is 12.1. The fourth-order valence-corrected chi connectivity index (χ4v) is 1.83. The van der Waals surface area contributed by atoms with E-state index >= 15 is 0 Å². The lowest BCUT2D eigenvalue weighted by Crippen LogP contribution is -2.12. The number of ether oxygens (including phenoxy) is 1. The molecule has 22 heavy (non-hydrogen) atoms.